The largest absolute Gasteiger partial charge is 0.872 e. The second-order valence-corrected chi connectivity index (χ2v) is 10.8. The molecule has 2 aliphatic heterocycles. The summed E-state index contributed by atoms with van der Waals surface area (Å²) in [6.45, 7) is 8.07. The average molecular weight is 507 g/mol. The van der Waals surface area contributed by atoms with Crippen LogP contribution in [0.3, 0.4) is 0 Å². The van der Waals surface area contributed by atoms with Gasteiger partial charge in [0.15, 0.2) is 0 Å². The van der Waals surface area contributed by atoms with Gasteiger partial charge in [-0.3, -0.25) is 9.59 Å². The maximum Gasteiger partial charge on any atom is 0.295 e. The molecule has 2 unspecified atom stereocenters. The van der Waals surface area contributed by atoms with Crippen molar-refractivity contribution in [3.63, 3.8) is 0 Å². The molecule has 0 aromatic heterocycles. The highest BCUT2D eigenvalue weighted by Crippen LogP contribution is 2.40. The number of ether oxygens (including phenoxy) is 2. The van der Waals surface area contributed by atoms with E-state index in [1.165, 1.54) is 4.90 Å². The molecule has 7 nitrogen and oxygen atoms in total. The lowest BCUT2D eigenvalue weighted by atomic mass is 9.94. The molecule has 1 N–H and O–H groups in total. The van der Waals surface area contributed by atoms with E-state index in [0.29, 0.717) is 42.4 Å². The van der Waals surface area contributed by atoms with E-state index in [-0.39, 0.29) is 11.7 Å². The molecular weight excluding hydrogens is 468 g/mol. The number of nitrogens with zero attached hydrogens (tertiary/aromatic N) is 1. The minimum Gasteiger partial charge on any atom is -0.872 e. The third-order valence-corrected chi connectivity index (χ3v) is 6.90. The van der Waals surface area contributed by atoms with Gasteiger partial charge < -0.3 is 24.4 Å². The standard InChI is InChI=1S/C30H38N2O5/c1-19(2)12-15-36-24-9-6-8-21(18-24)27-26(29(34)30(35)32(27)14-7-13-31(4)5)28(33)22-10-11-25-23(17-22)16-20(3)37-25/h6,8-11,17-20,27,33H,7,12-16H2,1-5H3. The lowest BCUT2D eigenvalue weighted by Gasteiger charge is -2.28. The van der Waals surface area contributed by atoms with Crippen molar-refractivity contribution in [1.29, 1.82) is 0 Å². The van der Waals surface area contributed by atoms with E-state index in [9.17, 15) is 14.7 Å². The molecule has 1 fully saturated rings. The van der Waals surface area contributed by atoms with Crippen LogP contribution in [0.2, 0.25) is 0 Å². The summed E-state index contributed by atoms with van der Waals surface area (Å²) in [6, 6.07) is 12.0. The van der Waals surface area contributed by atoms with Crippen LogP contribution in [-0.4, -0.2) is 56.5 Å². The monoisotopic (exact) mass is 506 g/mol. The van der Waals surface area contributed by atoms with E-state index in [0.717, 1.165) is 30.7 Å². The number of carbonyl (C=O) groups excluding carboxylic acids is 2. The number of nitrogens with one attached hydrogen (secondary N) is 1. The van der Waals surface area contributed by atoms with Gasteiger partial charge in [0.1, 0.15) is 17.6 Å². The van der Waals surface area contributed by atoms with Crippen LogP contribution < -0.4 is 19.5 Å². The summed E-state index contributed by atoms with van der Waals surface area (Å²) in [4.78, 5) is 29.4. The number of Topliss-reactive ketones (excluding diaryl/α,β-unsaturated/α-hetero) is 1. The first-order valence-corrected chi connectivity index (χ1v) is 13.2. The van der Waals surface area contributed by atoms with Gasteiger partial charge in [-0.05, 0) is 60.2 Å². The van der Waals surface area contributed by atoms with Gasteiger partial charge in [0.05, 0.1) is 33.3 Å². The van der Waals surface area contributed by atoms with Gasteiger partial charge in [-0.25, -0.2) is 0 Å². The van der Waals surface area contributed by atoms with Crippen molar-refractivity contribution >= 4 is 17.4 Å². The fourth-order valence-electron chi connectivity index (χ4n) is 4.96. The summed E-state index contributed by atoms with van der Waals surface area (Å²) in [7, 11) is 4.10. The first-order valence-electron chi connectivity index (χ1n) is 13.2. The predicted molar refractivity (Wildman–Crippen MR) is 140 cm³/mol. The highest BCUT2D eigenvalue weighted by Gasteiger charge is 2.44. The topological polar surface area (TPSA) is 83.3 Å². The number of carbonyl (C=O) groups is 2. The van der Waals surface area contributed by atoms with E-state index >= 15 is 0 Å². The molecule has 0 aliphatic carbocycles. The Balaban J connectivity index is 1.73. The zero-order chi connectivity index (χ0) is 26.7. The molecule has 0 radical (unpaired) electrons. The Hall–Kier alpha value is -3.32. The fourth-order valence-corrected chi connectivity index (χ4v) is 4.96. The van der Waals surface area contributed by atoms with Gasteiger partial charge in [-0.15, -0.1) is 0 Å². The number of ketones is 1. The van der Waals surface area contributed by atoms with Crippen molar-refractivity contribution in [1.82, 2.24) is 4.90 Å². The quantitative estimate of drug-likeness (QED) is 0.304. The number of likely N-dealkylation sites (tertiary alicyclic amines) is 1. The Morgan fingerprint density at radius 2 is 1.97 bits per heavy atom. The van der Waals surface area contributed by atoms with E-state index in [1.54, 1.807) is 23.1 Å². The Labute approximate surface area is 219 Å². The van der Waals surface area contributed by atoms with Crippen molar-refractivity contribution < 1.29 is 29.1 Å². The van der Waals surface area contributed by atoms with E-state index in [1.807, 2.05) is 45.3 Å². The maximum atomic E-state index is 13.8. The van der Waals surface area contributed by atoms with Gasteiger partial charge in [0.2, 0.25) is 5.78 Å². The molecule has 2 heterocycles. The summed E-state index contributed by atoms with van der Waals surface area (Å²) in [5.41, 5.74) is 2.06. The first kappa shape index (κ1) is 26.7. The van der Waals surface area contributed by atoms with Gasteiger partial charge in [-0.1, -0.05) is 37.8 Å². The van der Waals surface area contributed by atoms with E-state index < -0.39 is 23.5 Å². The molecule has 7 heteroatoms. The number of benzene rings is 2. The number of amides is 1. The highest BCUT2D eigenvalue weighted by atomic mass is 16.5. The van der Waals surface area contributed by atoms with Crippen LogP contribution in [-0.2, 0) is 16.0 Å². The van der Waals surface area contributed by atoms with Gasteiger partial charge >= 0.3 is 0 Å². The summed E-state index contributed by atoms with van der Waals surface area (Å²) in [6.07, 6.45) is 2.39. The molecule has 37 heavy (non-hydrogen) atoms. The molecule has 4 rings (SSSR count). The Morgan fingerprint density at radius 1 is 1.19 bits per heavy atom. The van der Waals surface area contributed by atoms with Gasteiger partial charge in [0.25, 0.3) is 5.91 Å². The van der Waals surface area contributed by atoms with Crippen LogP contribution >= 0.6 is 0 Å². The minimum atomic E-state index is -0.748. The predicted octanol–water partition coefficient (Wildman–Crippen LogP) is 2.19. The van der Waals surface area contributed by atoms with E-state index in [4.69, 9.17) is 9.47 Å². The molecule has 2 atom stereocenters. The van der Waals surface area contributed by atoms with Crippen molar-refractivity contribution in [2.45, 2.75) is 52.2 Å². The van der Waals surface area contributed by atoms with Gasteiger partial charge in [-0.2, -0.15) is 0 Å². The smallest absolute Gasteiger partial charge is 0.295 e. The molecule has 0 saturated carbocycles. The number of hydrogen-bond acceptors (Lipinski definition) is 5. The molecule has 2 aromatic carbocycles. The zero-order valence-electron chi connectivity index (χ0n) is 22.5. The third kappa shape index (κ3) is 5.99. The van der Waals surface area contributed by atoms with Crippen LogP contribution in [0.1, 0.15) is 56.3 Å². The van der Waals surface area contributed by atoms with Crippen LogP contribution in [0, 0.1) is 5.92 Å². The number of quaternary nitrogens is 1. The average Bonchev–Trinajstić information content (AvgIpc) is 3.34. The number of rotatable bonds is 10. The molecular formula is C30H38N2O5. The van der Waals surface area contributed by atoms with E-state index in [2.05, 4.69) is 13.8 Å². The van der Waals surface area contributed by atoms with Crippen molar-refractivity contribution in [2.75, 3.05) is 33.8 Å². The lowest BCUT2D eigenvalue weighted by Crippen LogP contribution is -3.05. The van der Waals surface area contributed by atoms with Crippen LogP contribution in [0.4, 0.5) is 0 Å². The summed E-state index contributed by atoms with van der Waals surface area (Å²) in [5, 5.41) is 13.8. The summed E-state index contributed by atoms with van der Waals surface area (Å²) >= 11 is 0. The van der Waals surface area contributed by atoms with Crippen LogP contribution in [0.15, 0.2) is 48.0 Å². The van der Waals surface area contributed by atoms with Crippen molar-refractivity contribution in [2.24, 2.45) is 5.92 Å². The molecule has 0 bridgehead atoms. The van der Waals surface area contributed by atoms with Crippen LogP contribution in [0.5, 0.6) is 11.5 Å². The molecule has 198 valence electrons. The molecule has 1 saturated heterocycles. The normalized spacial score (nSPS) is 20.6. The minimum absolute atomic E-state index is 0.00782. The Kier molecular flexibility index (Phi) is 8.22. The zero-order valence-corrected chi connectivity index (χ0v) is 22.5. The second-order valence-electron chi connectivity index (χ2n) is 10.8. The number of hydrogen-bond donors (Lipinski definition) is 1. The summed E-state index contributed by atoms with van der Waals surface area (Å²) in [5.74, 6) is 0.199. The fraction of sp³-hybridized carbons (Fsp3) is 0.467. The number of fused-ring (bicyclic) bond motifs is 1. The highest BCUT2D eigenvalue weighted by molar-refractivity contribution is 6.46. The van der Waals surface area contributed by atoms with Crippen LogP contribution in [0.25, 0.3) is 5.76 Å². The van der Waals surface area contributed by atoms with Gasteiger partial charge in [0, 0.05) is 25.0 Å². The first-order chi connectivity index (χ1) is 17.7. The molecule has 2 aliphatic rings. The lowest BCUT2D eigenvalue weighted by molar-refractivity contribution is -0.858. The molecule has 0 spiro atoms. The van der Waals surface area contributed by atoms with Crippen molar-refractivity contribution in [3.8, 4) is 11.5 Å². The molecule has 2 aromatic rings. The Morgan fingerprint density at radius 3 is 2.70 bits per heavy atom. The van der Waals surface area contributed by atoms with Crippen molar-refractivity contribution in [3.05, 3.63) is 64.7 Å². The Bertz CT molecular complexity index is 1190. The molecule has 1 amide bonds. The maximum absolute atomic E-state index is 13.8. The third-order valence-electron chi connectivity index (χ3n) is 6.90. The SMILES string of the molecule is CC(C)CCOc1cccc(C2C(=C([O-])c3ccc4c(c3)CC(C)O4)C(=O)C(=O)N2CCC[NH+](C)C)c1. The second kappa shape index (κ2) is 11.4. The summed E-state index contributed by atoms with van der Waals surface area (Å²) < 4.78 is 11.7.